The number of carbonyl (C=O) groups is 2. The molecule has 6 heteroatoms. The van der Waals surface area contributed by atoms with Crippen LogP contribution in [-0.4, -0.2) is 29.3 Å². The Kier molecular flexibility index (Phi) is 2.82. The fourth-order valence-electron chi connectivity index (χ4n) is 1.38. The van der Waals surface area contributed by atoms with Crippen molar-refractivity contribution in [2.45, 2.75) is 17.4 Å². The van der Waals surface area contributed by atoms with Gasteiger partial charge in [-0.1, -0.05) is 0 Å². The van der Waals surface area contributed by atoms with E-state index in [2.05, 4.69) is 4.98 Å². The number of fused-ring (bicyclic) bond motifs is 1. The number of aromatic nitrogens is 1. The third kappa shape index (κ3) is 1.88. The monoisotopic (exact) mass is 238 g/mol. The Bertz CT molecular complexity index is 449. The molecule has 1 unspecified atom stereocenters. The van der Waals surface area contributed by atoms with Crippen LogP contribution in [0.15, 0.2) is 23.4 Å². The van der Waals surface area contributed by atoms with Crippen LogP contribution in [0.2, 0.25) is 0 Å². The molecule has 0 bridgehead atoms. The van der Waals surface area contributed by atoms with E-state index in [4.69, 9.17) is 4.74 Å². The summed E-state index contributed by atoms with van der Waals surface area (Å²) in [5.41, 5.74) is -0.0918. The first-order chi connectivity index (χ1) is 7.59. The fourth-order valence-corrected chi connectivity index (χ4v) is 2.47. The number of thioether (sulfide) groups is 1. The highest BCUT2D eigenvalue weighted by atomic mass is 32.2. The van der Waals surface area contributed by atoms with E-state index in [1.807, 2.05) is 0 Å². The number of nitrogens with zero attached hydrogens (tertiary/aromatic N) is 2. The van der Waals surface area contributed by atoms with Gasteiger partial charge in [-0.25, -0.2) is 4.98 Å². The molecule has 1 atom stereocenters. The molecule has 2 heterocycles. The molecule has 1 aliphatic rings. The second-order valence-corrected chi connectivity index (χ2v) is 4.33. The molecule has 84 valence electrons. The van der Waals surface area contributed by atoms with Crippen LogP contribution in [0.3, 0.4) is 0 Å². The molecule has 5 nitrogen and oxygen atoms in total. The first-order valence-electron chi connectivity index (χ1n) is 4.66. The van der Waals surface area contributed by atoms with Gasteiger partial charge in [0.2, 0.25) is 5.44 Å². The van der Waals surface area contributed by atoms with Gasteiger partial charge in [-0.05, 0) is 23.9 Å². The highest BCUT2D eigenvalue weighted by molar-refractivity contribution is 8.00. The van der Waals surface area contributed by atoms with Gasteiger partial charge >= 0.3 is 5.97 Å². The Morgan fingerprint density at radius 3 is 3.06 bits per heavy atom. The molecule has 0 aliphatic carbocycles. The highest BCUT2D eigenvalue weighted by Gasteiger charge is 2.34. The molecule has 0 radical (unpaired) electrons. The summed E-state index contributed by atoms with van der Waals surface area (Å²) in [7, 11) is 1.64. The number of hydrogen-bond donors (Lipinski definition) is 0. The van der Waals surface area contributed by atoms with Gasteiger partial charge in [0.05, 0.1) is 5.69 Å². The zero-order valence-electron chi connectivity index (χ0n) is 8.84. The minimum absolute atomic E-state index is 0.249. The van der Waals surface area contributed by atoms with Crippen molar-refractivity contribution in [3.63, 3.8) is 0 Å². The predicted molar refractivity (Wildman–Crippen MR) is 59.1 cm³/mol. The average molecular weight is 238 g/mol. The molecule has 0 fully saturated rings. The Labute approximate surface area is 96.8 Å². The van der Waals surface area contributed by atoms with E-state index in [9.17, 15) is 9.59 Å². The van der Waals surface area contributed by atoms with Gasteiger partial charge in [-0.2, -0.15) is 0 Å². The van der Waals surface area contributed by atoms with Gasteiger partial charge in [-0.15, -0.1) is 0 Å². The summed E-state index contributed by atoms with van der Waals surface area (Å²) in [6.07, 6.45) is 1.64. The quantitative estimate of drug-likeness (QED) is 0.684. The predicted octanol–water partition coefficient (Wildman–Crippen LogP) is 1.04. The smallest absolute Gasteiger partial charge is 0.304 e. The number of carbonyl (C=O) groups excluding carboxylic acids is 2. The number of hydrogen-bond acceptors (Lipinski definition) is 5. The summed E-state index contributed by atoms with van der Waals surface area (Å²) in [6.45, 7) is 1.28. The minimum atomic E-state index is -0.829. The van der Waals surface area contributed by atoms with E-state index in [1.54, 1.807) is 25.4 Å². The summed E-state index contributed by atoms with van der Waals surface area (Å²) in [5, 5.41) is 0.691. The lowest BCUT2D eigenvalue weighted by atomic mass is 10.3. The number of rotatable bonds is 1. The Morgan fingerprint density at radius 2 is 2.38 bits per heavy atom. The van der Waals surface area contributed by atoms with E-state index in [0.717, 1.165) is 17.4 Å². The van der Waals surface area contributed by atoms with Crippen molar-refractivity contribution in [2.24, 2.45) is 0 Å². The van der Waals surface area contributed by atoms with Crippen LogP contribution >= 0.6 is 11.8 Å². The Morgan fingerprint density at radius 1 is 1.62 bits per heavy atom. The molecule has 2 rings (SSSR count). The van der Waals surface area contributed by atoms with Gasteiger partial charge in [0.25, 0.3) is 5.91 Å². The third-order valence-corrected chi connectivity index (χ3v) is 3.19. The molecule has 16 heavy (non-hydrogen) atoms. The molecule has 0 spiro atoms. The van der Waals surface area contributed by atoms with E-state index >= 15 is 0 Å². The zero-order chi connectivity index (χ0) is 11.7. The van der Waals surface area contributed by atoms with E-state index < -0.39 is 11.4 Å². The molecule has 1 aromatic rings. The number of likely N-dealkylation sites (N-methyl/N-ethyl adjacent to an activating group) is 1. The third-order valence-electron chi connectivity index (χ3n) is 2.14. The van der Waals surface area contributed by atoms with Gasteiger partial charge in [0.1, 0.15) is 5.03 Å². The summed E-state index contributed by atoms with van der Waals surface area (Å²) in [4.78, 5) is 28.3. The molecule has 0 aromatic carbocycles. The standard InChI is InChI=1S/C10H10N2O3S/c1-6(13)15-10-9(14)12(2)7-4-3-5-11-8(7)16-10/h3-5,10H,1-2H3. The highest BCUT2D eigenvalue weighted by Crippen LogP contribution is 2.36. The van der Waals surface area contributed by atoms with Crippen molar-refractivity contribution in [3.05, 3.63) is 18.3 Å². The zero-order valence-corrected chi connectivity index (χ0v) is 9.65. The second kappa shape index (κ2) is 4.13. The molecule has 0 N–H and O–H groups in total. The van der Waals surface area contributed by atoms with Crippen LogP contribution in [0.5, 0.6) is 0 Å². The van der Waals surface area contributed by atoms with Crippen LogP contribution in [0.4, 0.5) is 5.69 Å². The maximum atomic E-state index is 11.8. The minimum Gasteiger partial charge on any atom is -0.441 e. The normalized spacial score (nSPS) is 19.2. The molecular weight excluding hydrogens is 228 g/mol. The molecule has 0 saturated heterocycles. The lowest BCUT2D eigenvalue weighted by Gasteiger charge is -2.29. The van der Waals surface area contributed by atoms with Crippen molar-refractivity contribution < 1.29 is 14.3 Å². The van der Waals surface area contributed by atoms with Crippen LogP contribution in [0, 0.1) is 0 Å². The summed E-state index contributed by atoms with van der Waals surface area (Å²) in [5.74, 6) is -0.723. The van der Waals surface area contributed by atoms with Crippen molar-refractivity contribution in [3.8, 4) is 0 Å². The first-order valence-corrected chi connectivity index (χ1v) is 5.54. The topological polar surface area (TPSA) is 59.5 Å². The maximum Gasteiger partial charge on any atom is 0.304 e. The van der Waals surface area contributed by atoms with Gasteiger partial charge in [0, 0.05) is 20.2 Å². The van der Waals surface area contributed by atoms with Crippen molar-refractivity contribution in [2.75, 3.05) is 11.9 Å². The molecular formula is C10H10N2O3S. The Balaban J connectivity index is 2.32. The van der Waals surface area contributed by atoms with Crippen LogP contribution in [0.25, 0.3) is 0 Å². The molecule has 1 aromatic heterocycles. The number of anilines is 1. The Hall–Kier alpha value is -1.56. The van der Waals surface area contributed by atoms with Gasteiger partial charge in [-0.3, -0.25) is 9.59 Å². The number of ether oxygens (including phenoxy) is 1. The van der Waals surface area contributed by atoms with Crippen molar-refractivity contribution in [1.82, 2.24) is 4.98 Å². The van der Waals surface area contributed by atoms with Crippen LogP contribution < -0.4 is 4.90 Å². The lowest BCUT2D eigenvalue weighted by molar-refractivity contribution is -0.147. The van der Waals surface area contributed by atoms with Crippen molar-refractivity contribution >= 4 is 29.3 Å². The summed E-state index contributed by atoms with van der Waals surface area (Å²) >= 11 is 1.15. The van der Waals surface area contributed by atoms with Crippen LogP contribution in [-0.2, 0) is 14.3 Å². The summed E-state index contributed by atoms with van der Waals surface area (Å²) in [6, 6.07) is 3.56. The SMILES string of the molecule is CC(=O)OC1Sc2ncccc2N(C)C1=O. The van der Waals surface area contributed by atoms with E-state index in [1.165, 1.54) is 11.8 Å². The van der Waals surface area contributed by atoms with E-state index in [-0.39, 0.29) is 5.91 Å². The lowest BCUT2D eigenvalue weighted by Crippen LogP contribution is -2.40. The molecule has 0 saturated carbocycles. The second-order valence-electron chi connectivity index (χ2n) is 3.28. The molecule has 1 amide bonds. The van der Waals surface area contributed by atoms with Crippen LogP contribution in [0.1, 0.15) is 6.92 Å². The molecule has 1 aliphatic heterocycles. The first kappa shape index (κ1) is 10.9. The average Bonchev–Trinajstić information content (AvgIpc) is 2.25. The van der Waals surface area contributed by atoms with Gasteiger partial charge in [0.15, 0.2) is 0 Å². The largest absolute Gasteiger partial charge is 0.441 e. The number of pyridine rings is 1. The van der Waals surface area contributed by atoms with Gasteiger partial charge < -0.3 is 9.64 Å². The fraction of sp³-hybridized carbons (Fsp3) is 0.300. The van der Waals surface area contributed by atoms with Crippen molar-refractivity contribution in [1.29, 1.82) is 0 Å². The summed E-state index contributed by atoms with van der Waals surface area (Å²) < 4.78 is 4.92. The number of amides is 1. The van der Waals surface area contributed by atoms with E-state index in [0.29, 0.717) is 5.03 Å². The number of esters is 1. The maximum absolute atomic E-state index is 11.8.